The SMILES string of the molecule is CC(C)C(N)CCN1CCn2cnnc2C1. The van der Waals surface area contributed by atoms with E-state index in [-0.39, 0.29) is 0 Å². The highest BCUT2D eigenvalue weighted by molar-refractivity contribution is 4.90. The second kappa shape index (κ2) is 4.93. The zero-order chi connectivity index (χ0) is 11.5. The Morgan fingerprint density at radius 1 is 1.44 bits per heavy atom. The standard InChI is InChI=1S/C11H21N5/c1-9(2)10(12)3-4-15-5-6-16-8-13-14-11(16)7-15/h8-10H,3-7,12H2,1-2H3. The second-order valence-electron chi connectivity index (χ2n) is 4.91. The Morgan fingerprint density at radius 3 is 3.00 bits per heavy atom. The van der Waals surface area contributed by atoms with Crippen molar-refractivity contribution in [3.63, 3.8) is 0 Å². The first-order chi connectivity index (χ1) is 7.66. The molecule has 0 spiro atoms. The first-order valence-corrected chi connectivity index (χ1v) is 6.01. The summed E-state index contributed by atoms with van der Waals surface area (Å²) in [7, 11) is 0. The molecule has 0 saturated carbocycles. The Hall–Kier alpha value is -0.940. The lowest BCUT2D eigenvalue weighted by Gasteiger charge is -2.28. The Kier molecular flexibility index (Phi) is 3.56. The summed E-state index contributed by atoms with van der Waals surface area (Å²) in [5.41, 5.74) is 6.05. The van der Waals surface area contributed by atoms with Gasteiger partial charge in [0.1, 0.15) is 12.2 Å². The van der Waals surface area contributed by atoms with Crippen LogP contribution in [0.3, 0.4) is 0 Å². The third-order valence-electron chi connectivity index (χ3n) is 3.35. The van der Waals surface area contributed by atoms with E-state index < -0.39 is 0 Å². The molecule has 0 radical (unpaired) electrons. The number of nitrogens with two attached hydrogens (primary N) is 1. The van der Waals surface area contributed by atoms with Gasteiger partial charge in [0.05, 0.1) is 6.54 Å². The van der Waals surface area contributed by atoms with Crippen LogP contribution in [0.25, 0.3) is 0 Å². The van der Waals surface area contributed by atoms with E-state index in [0.29, 0.717) is 12.0 Å². The lowest BCUT2D eigenvalue weighted by molar-refractivity contribution is 0.204. The van der Waals surface area contributed by atoms with E-state index in [1.807, 2.05) is 6.33 Å². The van der Waals surface area contributed by atoms with Gasteiger partial charge in [-0.25, -0.2) is 0 Å². The van der Waals surface area contributed by atoms with Crippen LogP contribution in [0.2, 0.25) is 0 Å². The summed E-state index contributed by atoms with van der Waals surface area (Å²) in [5, 5.41) is 8.03. The molecule has 2 rings (SSSR count). The molecule has 0 saturated heterocycles. The smallest absolute Gasteiger partial charge is 0.147 e. The molecule has 2 heterocycles. The minimum Gasteiger partial charge on any atom is -0.327 e. The Labute approximate surface area is 96.6 Å². The van der Waals surface area contributed by atoms with E-state index in [4.69, 9.17) is 5.73 Å². The van der Waals surface area contributed by atoms with E-state index in [2.05, 4.69) is 33.5 Å². The van der Waals surface area contributed by atoms with Crippen molar-refractivity contribution < 1.29 is 0 Å². The van der Waals surface area contributed by atoms with Crippen LogP contribution in [0, 0.1) is 5.92 Å². The normalized spacial score (nSPS) is 18.8. The molecule has 0 aromatic carbocycles. The number of aromatic nitrogens is 3. The summed E-state index contributed by atoms with van der Waals surface area (Å²) in [5.74, 6) is 1.64. The summed E-state index contributed by atoms with van der Waals surface area (Å²) >= 11 is 0. The quantitative estimate of drug-likeness (QED) is 0.806. The molecule has 0 aliphatic carbocycles. The number of rotatable bonds is 4. The Balaban J connectivity index is 1.81. The average Bonchev–Trinajstić information content (AvgIpc) is 2.72. The largest absolute Gasteiger partial charge is 0.327 e. The van der Waals surface area contributed by atoms with Gasteiger partial charge in [-0.3, -0.25) is 4.90 Å². The maximum Gasteiger partial charge on any atom is 0.147 e. The highest BCUT2D eigenvalue weighted by atomic mass is 15.3. The average molecular weight is 223 g/mol. The predicted molar refractivity (Wildman–Crippen MR) is 62.7 cm³/mol. The molecular weight excluding hydrogens is 202 g/mol. The van der Waals surface area contributed by atoms with E-state index in [1.54, 1.807) is 0 Å². The number of fused-ring (bicyclic) bond motifs is 1. The summed E-state index contributed by atoms with van der Waals surface area (Å²) in [6.07, 6.45) is 2.87. The molecule has 5 heteroatoms. The summed E-state index contributed by atoms with van der Waals surface area (Å²) in [4.78, 5) is 2.41. The maximum absolute atomic E-state index is 6.05. The van der Waals surface area contributed by atoms with Gasteiger partial charge in [0.2, 0.25) is 0 Å². The van der Waals surface area contributed by atoms with Crippen molar-refractivity contribution in [1.29, 1.82) is 0 Å². The van der Waals surface area contributed by atoms with Crippen LogP contribution < -0.4 is 5.73 Å². The number of nitrogens with zero attached hydrogens (tertiary/aromatic N) is 4. The van der Waals surface area contributed by atoms with Gasteiger partial charge in [0.25, 0.3) is 0 Å². The molecule has 0 bridgehead atoms. The Morgan fingerprint density at radius 2 is 2.25 bits per heavy atom. The molecular formula is C11H21N5. The maximum atomic E-state index is 6.05. The summed E-state index contributed by atoms with van der Waals surface area (Å²) in [6, 6.07) is 0.305. The molecule has 0 fully saturated rings. The molecule has 90 valence electrons. The molecule has 0 amide bonds. The van der Waals surface area contributed by atoms with Crippen LogP contribution in [0.1, 0.15) is 26.1 Å². The lowest BCUT2D eigenvalue weighted by Crippen LogP contribution is -2.38. The first-order valence-electron chi connectivity index (χ1n) is 6.01. The van der Waals surface area contributed by atoms with Crippen LogP contribution in [-0.2, 0) is 13.1 Å². The highest BCUT2D eigenvalue weighted by Gasteiger charge is 2.18. The minimum atomic E-state index is 0.305. The van der Waals surface area contributed by atoms with E-state index in [9.17, 15) is 0 Å². The molecule has 1 aliphatic rings. The highest BCUT2D eigenvalue weighted by Crippen LogP contribution is 2.11. The van der Waals surface area contributed by atoms with Gasteiger partial charge in [-0.1, -0.05) is 13.8 Å². The predicted octanol–water partition coefficient (Wildman–Crippen LogP) is 0.467. The van der Waals surface area contributed by atoms with Gasteiger partial charge in [0.15, 0.2) is 0 Å². The first kappa shape index (κ1) is 11.5. The summed E-state index contributed by atoms with van der Waals surface area (Å²) < 4.78 is 2.12. The van der Waals surface area contributed by atoms with Crippen LogP contribution in [0.5, 0.6) is 0 Å². The van der Waals surface area contributed by atoms with Crippen molar-refractivity contribution in [2.24, 2.45) is 11.7 Å². The van der Waals surface area contributed by atoms with Gasteiger partial charge in [-0.15, -0.1) is 10.2 Å². The van der Waals surface area contributed by atoms with Gasteiger partial charge in [-0.05, 0) is 12.3 Å². The van der Waals surface area contributed by atoms with Crippen LogP contribution >= 0.6 is 0 Å². The fraction of sp³-hybridized carbons (Fsp3) is 0.818. The topological polar surface area (TPSA) is 60.0 Å². The zero-order valence-corrected chi connectivity index (χ0v) is 10.1. The van der Waals surface area contributed by atoms with Crippen molar-refractivity contribution in [3.05, 3.63) is 12.2 Å². The molecule has 1 aromatic rings. The van der Waals surface area contributed by atoms with Crippen LogP contribution in [-0.4, -0.2) is 38.8 Å². The van der Waals surface area contributed by atoms with E-state index in [0.717, 1.165) is 38.4 Å². The van der Waals surface area contributed by atoms with Gasteiger partial charge >= 0.3 is 0 Å². The van der Waals surface area contributed by atoms with E-state index >= 15 is 0 Å². The van der Waals surface area contributed by atoms with Crippen molar-refractivity contribution in [2.45, 2.75) is 39.4 Å². The molecule has 1 aliphatic heterocycles. The molecule has 5 nitrogen and oxygen atoms in total. The minimum absolute atomic E-state index is 0.305. The third kappa shape index (κ3) is 2.59. The fourth-order valence-corrected chi connectivity index (χ4v) is 1.97. The fourth-order valence-electron chi connectivity index (χ4n) is 1.97. The molecule has 1 atom stereocenters. The van der Waals surface area contributed by atoms with Gasteiger partial charge in [-0.2, -0.15) is 0 Å². The van der Waals surface area contributed by atoms with E-state index in [1.165, 1.54) is 0 Å². The Bertz CT molecular complexity index is 333. The van der Waals surface area contributed by atoms with Crippen LogP contribution in [0.4, 0.5) is 0 Å². The third-order valence-corrected chi connectivity index (χ3v) is 3.35. The van der Waals surface area contributed by atoms with Crippen molar-refractivity contribution in [1.82, 2.24) is 19.7 Å². The van der Waals surface area contributed by atoms with Crippen molar-refractivity contribution in [3.8, 4) is 0 Å². The lowest BCUT2D eigenvalue weighted by atomic mass is 10.0. The monoisotopic (exact) mass is 223 g/mol. The van der Waals surface area contributed by atoms with Crippen molar-refractivity contribution in [2.75, 3.05) is 13.1 Å². The number of hydrogen-bond donors (Lipinski definition) is 1. The molecule has 16 heavy (non-hydrogen) atoms. The molecule has 1 aromatic heterocycles. The molecule has 1 unspecified atom stereocenters. The second-order valence-corrected chi connectivity index (χ2v) is 4.91. The zero-order valence-electron chi connectivity index (χ0n) is 10.1. The molecule has 2 N–H and O–H groups in total. The van der Waals surface area contributed by atoms with Gasteiger partial charge in [0, 0.05) is 25.7 Å². The van der Waals surface area contributed by atoms with Crippen molar-refractivity contribution >= 4 is 0 Å². The number of hydrogen-bond acceptors (Lipinski definition) is 4. The van der Waals surface area contributed by atoms with Crippen LogP contribution in [0.15, 0.2) is 6.33 Å². The summed E-state index contributed by atoms with van der Waals surface area (Å²) in [6.45, 7) is 8.40. The van der Waals surface area contributed by atoms with Gasteiger partial charge < -0.3 is 10.3 Å².